The predicted octanol–water partition coefficient (Wildman–Crippen LogP) is 8.84. The lowest BCUT2D eigenvalue weighted by molar-refractivity contribution is 0.0159. The van der Waals surface area contributed by atoms with Crippen LogP contribution in [0.15, 0.2) is 47.5 Å². The van der Waals surface area contributed by atoms with E-state index in [1.807, 2.05) is 59.7 Å². The first-order chi connectivity index (χ1) is 25.0. The molecule has 2 aromatic heterocycles. The van der Waals surface area contributed by atoms with Gasteiger partial charge in [0.05, 0.1) is 29.0 Å². The van der Waals surface area contributed by atoms with Gasteiger partial charge in [0.2, 0.25) is 0 Å². The summed E-state index contributed by atoms with van der Waals surface area (Å²) < 4.78 is 46.8. The lowest BCUT2D eigenvalue weighted by atomic mass is 10.00. The second-order valence-electron chi connectivity index (χ2n) is 17.0. The highest BCUT2D eigenvalue weighted by Crippen LogP contribution is 2.54. The number of rotatable bonds is 9. The highest BCUT2D eigenvalue weighted by atomic mass is 31.2. The van der Waals surface area contributed by atoms with E-state index < -0.39 is 39.0 Å². The molecule has 0 saturated heterocycles. The van der Waals surface area contributed by atoms with E-state index in [1.54, 1.807) is 55.0 Å². The van der Waals surface area contributed by atoms with Crippen LogP contribution in [0.4, 0.5) is 14.9 Å². The monoisotopic (exact) mass is 780 g/mol. The Kier molecular flexibility index (Phi) is 11.2. The predicted molar refractivity (Wildman–Crippen MR) is 218 cm³/mol. The number of nitrogens with zero attached hydrogens (tertiary/aromatic N) is 5. The number of hydrogen-bond donors (Lipinski definition) is 1. The van der Waals surface area contributed by atoms with Crippen LogP contribution in [-0.4, -0.2) is 69.4 Å². The molecule has 3 heterocycles. The van der Waals surface area contributed by atoms with E-state index in [0.717, 1.165) is 5.69 Å². The van der Waals surface area contributed by atoms with Gasteiger partial charge in [-0.2, -0.15) is 5.10 Å². The summed E-state index contributed by atoms with van der Waals surface area (Å²) >= 11 is 0. The Morgan fingerprint density at radius 3 is 2.22 bits per heavy atom. The normalized spacial score (nSPS) is 16.9. The van der Waals surface area contributed by atoms with Gasteiger partial charge in [-0.25, -0.2) is 18.7 Å². The zero-order chi connectivity index (χ0) is 40.3. The maximum absolute atomic E-state index is 14.8. The molecule has 0 aliphatic carbocycles. The van der Waals surface area contributed by atoms with Crippen molar-refractivity contribution < 1.29 is 22.9 Å². The molecule has 3 atom stereocenters. The third kappa shape index (κ3) is 7.51. The molecule has 1 aliphatic rings. The van der Waals surface area contributed by atoms with Gasteiger partial charge in [0.15, 0.2) is 8.32 Å². The third-order valence-electron chi connectivity index (χ3n) is 11.0. The molecule has 0 saturated carbocycles. The van der Waals surface area contributed by atoms with Crippen molar-refractivity contribution in [3.63, 3.8) is 0 Å². The number of hydrogen-bond acceptors (Lipinski definition) is 7. The van der Waals surface area contributed by atoms with E-state index >= 15 is 0 Å². The number of ether oxygens (including phenoxy) is 1. The van der Waals surface area contributed by atoms with Gasteiger partial charge in [0, 0.05) is 55.1 Å². The lowest BCUT2D eigenvalue weighted by Crippen LogP contribution is -2.44. The van der Waals surface area contributed by atoms with Crippen molar-refractivity contribution in [2.45, 2.75) is 118 Å². The average molecular weight is 781 g/mol. The van der Waals surface area contributed by atoms with Crippen LogP contribution in [0.2, 0.25) is 18.1 Å². The minimum atomic E-state index is -3.04. The van der Waals surface area contributed by atoms with Gasteiger partial charge in [-0.1, -0.05) is 27.7 Å². The van der Waals surface area contributed by atoms with Gasteiger partial charge in [0.1, 0.15) is 24.4 Å². The number of amides is 1. The van der Waals surface area contributed by atoms with Crippen LogP contribution in [0.5, 0.6) is 0 Å². The fourth-order valence-electron chi connectivity index (χ4n) is 6.93. The molecule has 54 heavy (non-hydrogen) atoms. The Hall–Kier alpha value is -3.93. The second kappa shape index (κ2) is 14.6. The number of aryl methyl sites for hydroxylation is 2. The zero-order valence-corrected chi connectivity index (χ0v) is 36.3. The smallest absolute Gasteiger partial charge is 0.410 e. The number of halogens is 1. The zero-order valence-electron chi connectivity index (χ0n) is 34.4. The van der Waals surface area contributed by atoms with Crippen LogP contribution in [0.3, 0.4) is 0 Å². The Morgan fingerprint density at radius 1 is 1.06 bits per heavy atom. The molecule has 1 N–H and O–H groups in total. The number of anilines is 1. The lowest BCUT2D eigenvalue weighted by Gasteiger charge is -2.40. The van der Waals surface area contributed by atoms with Crippen LogP contribution in [0, 0.1) is 19.7 Å². The quantitative estimate of drug-likeness (QED) is 0.133. The maximum Gasteiger partial charge on any atom is 0.410 e. The fourth-order valence-corrected chi connectivity index (χ4v) is 11.8. The van der Waals surface area contributed by atoms with Crippen molar-refractivity contribution in [3.8, 4) is 17.2 Å². The first-order valence-corrected chi connectivity index (χ1v) is 23.6. The Labute approximate surface area is 320 Å². The maximum atomic E-state index is 14.8. The molecule has 2 unspecified atom stereocenters. The van der Waals surface area contributed by atoms with E-state index in [9.17, 15) is 18.5 Å². The van der Waals surface area contributed by atoms with Crippen LogP contribution >= 0.6 is 7.14 Å². The summed E-state index contributed by atoms with van der Waals surface area (Å²) in [5.41, 5.74) is 3.10. The highest BCUT2D eigenvalue weighted by molar-refractivity contribution is 7.72. The summed E-state index contributed by atoms with van der Waals surface area (Å²) in [7, 11) is -3.48. The summed E-state index contributed by atoms with van der Waals surface area (Å²) in [5.74, 6) is -0.336. The van der Waals surface area contributed by atoms with Gasteiger partial charge in [0.25, 0.3) is 0 Å². The Balaban J connectivity index is 1.64. The summed E-state index contributed by atoms with van der Waals surface area (Å²) in [5, 5.41) is 8.86. The van der Waals surface area contributed by atoms with Crippen molar-refractivity contribution in [1.29, 1.82) is 0 Å². The molecule has 0 fully saturated rings. The van der Waals surface area contributed by atoms with Gasteiger partial charge in [-0.15, -0.1) is 0 Å². The number of fused-ring (bicyclic) bond motifs is 1. The molecule has 0 spiro atoms. The molecular formula is C40H58FN6O5PSi. The van der Waals surface area contributed by atoms with E-state index in [0.29, 0.717) is 64.0 Å². The van der Waals surface area contributed by atoms with Crippen molar-refractivity contribution >= 4 is 32.5 Å². The number of aromatic nitrogens is 4. The molecular weight excluding hydrogens is 723 g/mol. The summed E-state index contributed by atoms with van der Waals surface area (Å²) in [4.78, 5) is 29.6. The molecule has 1 amide bonds. The van der Waals surface area contributed by atoms with Crippen molar-refractivity contribution in [2.24, 2.45) is 0 Å². The Bertz CT molecular complexity index is 2150. The number of carbonyl (C=O) groups excluding carboxylic acids is 1. The molecule has 1 aliphatic heterocycles. The van der Waals surface area contributed by atoms with Gasteiger partial charge in [-0.05, 0) is 108 Å². The van der Waals surface area contributed by atoms with Gasteiger partial charge >= 0.3 is 11.8 Å². The average Bonchev–Trinajstić information content (AvgIpc) is 3.65. The van der Waals surface area contributed by atoms with Gasteiger partial charge in [-0.3, -0.25) is 9.13 Å². The van der Waals surface area contributed by atoms with E-state index in [-0.39, 0.29) is 16.5 Å². The SMILES string of the molecule is CCP(=O)(c1ccc(-n2ccn(-c3c4c(nn3-c3cc(C)c(F)c(C)c3)CCN(C(=O)OC(C)(C)C)[C@H]4C)c2=O)cc1NC)C(C)O[Si](C)(C)C(C)(C)C. The van der Waals surface area contributed by atoms with Crippen LogP contribution in [0.25, 0.3) is 17.2 Å². The van der Waals surface area contributed by atoms with Crippen LogP contribution < -0.4 is 16.3 Å². The van der Waals surface area contributed by atoms with Crippen molar-refractivity contribution in [1.82, 2.24) is 23.8 Å². The first kappa shape index (κ1) is 41.2. The van der Waals surface area contributed by atoms with Crippen molar-refractivity contribution in [3.05, 3.63) is 81.4 Å². The van der Waals surface area contributed by atoms with Crippen molar-refractivity contribution in [2.75, 3.05) is 25.1 Å². The largest absolute Gasteiger partial charge is 0.444 e. The van der Waals surface area contributed by atoms with E-state index in [4.69, 9.17) is 14.3 Å². The first-order valence-electron chi connectivity index (χ1n) is 18.7. The second-order valence-corrected chi connectivity index (χ2v) is 25.1. The fraction of sp³-hybridized carbons (Fsp3) is 0.525. The van der Waals surface area contributed by atoms with Gasteiger partial charge < -0.3 is 23.9 Å². The van der Waals surface area contributed by atoms with E-state index in [1.165, 1.54) is 9.13 Å². The molecule has 14 heteroatoms. The van der Waals surface area contributed by atoms with Crippen LogP contribution in [0.1, 0.15) is 90.7 Å². The molecule has 294 valence electrons. The summed E-state index contributed by atoms with van der Waals surface area (Å²) in [6, 6.07) is 8.44. The summed E-state index contributed by atoms with van der Waals surface area (Å²) in [6.45, 7) is 25.9. The molecule has 0 bridgehead atoms. The number of carbonyl (C=O) groups is 1. The minimum absolute atomic E-state index is 0.0430. The molecule has 4 aromatic rings. The number of imidazole rings is 1. The third-order valence-corrected chi connectivity index (χ3v) is 19.2. The standard InChI is InChI=1S/C40H58FN6O5PSi/c1-15-53(50,28(5)52-54(13,14)40(9,10)11)33-17-16-29(24-32(33)42-12)45-20-21-46(37(45)48)36-34-27(4)44(38(49)51-39(6,7)8)19-18-31(34)43-47(36)30-22-25(2)35(41)26(3)23-30/h16-17,20-24,27-28,42H,15,18-19H2,1-14H3/t27-,28?,53?/m0/s1. The molecule has 0 radical (unpaired) electrons. The molecule has 2 aromatic carbocycles. The number of benzene rings is 2. The highest BCUT2D eigenvalue weighted by Gasteiger charge is 2.43. The topological polar surface area (TPSA) is 113 Å². The van der Waals surface area contributed by atoms with E-state index in [2.05, 4.69) is 39.2 Å². The molecule has 11 nitrogen and oxygen atoms in total. The number of nitrogens with one attached hydrogen (secondary N) is 1. The Morgan fingerprint density at radius 2 is 1.67 bits per heavy atom. The minimum Gasteiger partial charge on any atom is -0.444 e. The molecule has 5 rings (SSSR count). The summed E-state index contributed by atoms with van der Waals surface area (Å²) in [6.07, 6.45) is 3.77. The van der Waals surface area contributed by atoms with Crippen LogP contribution in [-0.2, 0) is 20.1 Å².